The van der Waals surface area contributed by atoms with Gasteiger partial charge in [0, 0.05) is 31.8 Å². The van der Waals surface area contributed by atoms with Gasteiger partial charge in [-0.05, 0) is 25.5 Å². The Kier molecular flexibility index (Phi) is 5.93. The van der Waals surface area contributed by atoms with E-state index in [1.54, 1.807) is 7.05 Å². The normalized spacial score (nSPS) is 9.76. The number of nitrogens with one attached hydrogen (secondary N) is 2. The molecule has 1 aromatic carbocycles. The van der Waals surface area contributed by atoms with Gasteiger partial charge in [-0.25, -0.2) is 0 Å². The first-order chi connectivity index (χ1) is 8.26. The van der Waals surface area contributed by atoms with Crippen LogP contribution >= 0.6 is 0 Å². The van der Waals surface area contributed by atoms with Gasteiger partial charge >= 0.3 is 0 Å². The Labute approximate surface area is 102 Å². The summed E-state index contributed by atoms with van der Waals surface area (Å²) < 4.78 is 5.40. The summed E-state index contributed by atoms with van der Waals surface area (Å²) >= 11 is 0. The fourth-order valence-electron chi connectivity index (χ4n) is 1.47. The Bertz CT molecular complexity index is 353. The number of carbonyl (C=O) groups is 1. The zero-order valence-electron chi connectivity index (χ0n) is 10.5. The fourth-order valence-corrected chi connectivity index (χ4v) is 1.47. The van der Waals surface area contributed by atoms with Gasteiger partial charge in [-0.2, -0.15) is 0 Å². The summed E-state index contributed by atoms with van der Waals surface area (Å²) in [7, 11) is 1.65. The summed E-state index contributed by atoms with van der Waals surface area (Å²) in [6, 6.07) is 7.83. The third kappa shape index (κ3) is 5.24. The molecule has 0 aliphatic carbocycles. The maximum Gasteiger partial charge on any atom is 0.219 e. The molecule has 0 saturated heterocycles. The second-order valence-electron chi connectivity index (χ2n) is 3.66. The Morgan fingerprint density at radius 1 is 1.41 bits per heavy atom. The largest absolute Gasteiger partial charge is 0.494 e. The molecular weight excluding hydrogens is 216 g/mol. The lowest BCUT2D eigenvalue weighted by molar-refractivity contribution is -0.120. The molecule has 2 N–H and O–H groups in total. The van der Waals surface area contributed by atoms with Crippen molar-refractivity contribution in [1.82, 2.24) is 5.32 Å². The summed E-state index contributed by atoms with van der Waals surface area (Å²) in [5, 5.41) is 5.87. The molecule has 17 heavy (non-hydrogen) atoms. The average Bonchev–Trinajstić information content (AvgIpc) is 2.35. The SMILES string of the molecule is CCOc1cccc(NCCCC(=O)NC)c1. The van der Waals surface area contributed by atoms with E-state index in [4.69, 9.17) is 4.74 Å². The second kappa shape index (κ2) is 7.54. The molecular formula is C13H20N2O2. The molecule has 1 amide bonds. The van der Waals surface area contributed by atoms with Gasteiger partial charge in [-0.1, -0.05) is 6.07 Å². The second-order valence-corrected chi connectivity index (χ2v) is 3.66. The smallest absolute Gasteiger partial charge is 0.219 e. The fraction of sp³-hybridized carbons (Fsp3) is 0.462. The first-order valence-electron chi connectivity index (χ1n) is 5.93. The molecule has 1 aromatic rings. The van der Waals surface area contributed by atoms with Crippen molar-refractivity contribution in [2.75, 3.05) is 25.5 Å². The van der Waals surface area contributed by atoms with Crippen LogP contribution in [-0.2, 0) is 4.79 Å². The van der Waals surface area contributed by atoms with Crippen molar-refractivity contribution in [1.29, 1.82) is 0 Å². The highest BCUT2D eigenvalue weighted by Crippen LogP contribution is 2.17. The van der Waals surface area contributed by atoms with Gasteiger partial charge in [-0.15, -0.1) is 0 Å². The highest BCUT2D eigenvalue weighted by molar-refractivity contribution is 5.75. The molecule has 4 nitrogen and oxygen atoms in total. The number of amides is 1. The van der Waals surface area contributed by atoms with E-state index >= 15 is 0 Å². The topological polar surface area (TPSA) is 50.4 Å². The molecule has 0 atom stereocenters. The summed E-state index contributed by atoms with van der Waals surface area (Å²) in [5.41, 5.74) is 1.02. The van der Waals surface area contributed by atoms with Crippen LogP contribution in [0.4, 0.5) is 5.69 Å². The minimum Gasteiger partial charge on any atom is -0.494 e. The summed E-state index contributed by atoms with van der Waals surface area (Å²) in [5.74, 6) is 0.943. The monoisotopic (exact) mass is 236 g/mol. The lowest BCUT2D eigenvalue weighted by Gasteiger charge is -2.08. The molecule has 4 heteroatoms. The van der Waals surface area contributed by atoms with Crippen LogP contribution in [0, 0.1) is 0 Å². The van der Waals surface area contributed by atoms with E-state index in [1.807, 2.05) is 31.2 Å². The van der Waals surface area contributed by atoms with Crippen LogP contribution in [0.3, 0.4) is 0 Å². The Hall–Kier alpha value is -1.71. The summed E-state index contributed by atoms with van der Waals surface area (Å²) in [4.78, 5) is 11.0. The maximum atomic E-state index is 11.0. The lowest BCUT2D eigenvalue weighted by atomic mass is 10.2. The van der Waals surface area contributed by atoms with Crippen molar-refractivity contribution in [3.8, 4) is 5.75 Å². The third-order valence-corrected chi connectivity index (χ3v) is 2.33. The third-order valence-electron chi connectivity index (χ3n) is 2.33. The van der Waals surface area contributed by atoms with Crippen molar-refractivity contribution in [3.05, 3.63) is 24.3 Å². The molecule has 0 spiro atoms. The van der Waals surface area contributed by atoms with Crippen molar-refractivity contribution in [2.24, 2.45) is 0 Å². The molecule has 0 bridgehead atoms. The van der Waals surface area contributed by atoms with Gasteiger partial charge in [0.2, 0.25) is 5.91 Å². The van der Waals surface area contributed by atoms with E-state index in [9.17, 15) is 4.79 Å². The van der Waals surface area contributed by atoms with Crippen LogP contribution in [-0.4, -0.2) is 26.1 Å². The summed E-state index contributed by atoms with van der Waals surface area (Å²) in [6.07, 6.45) is 1.37. The predicted molar refractivity (Wildman–Crippen MR) is 69.4 cm³/mol. The lowest BCUT2D eigenvalue weighted by Crippen LogP contribution is -2.18. The van der Waals surface area contributed by atoms with E-state index in [2.05, 4.69) is 10.6 Å². The van der Waals surface area contributed by atoms with Crippen LogP contribution in [0.5, 0.6) is 5.75 Å². The van der Waals surface area contributed by atoms with Gasteiger partial charge in [0.15, 0.2) is 0 Å². The number of ether oxygens (including phenoxy) is 1. The molecule has 0 radical (unpaired) electrons. The molecule has 0 aromatic heterocycles. The first kappa shape index (κ1) is 13.4. The maximum absolute atomic E-state index is 11.0. The minimum absolute atomic E-state index is 0.0786. The van der Waals surface area contributed by atoms with E-state index < -0.39 is 0 Å². The van der Waals surface area contributed by atoms with E-state index in [1.165, 1.54) is 0 Å². The van der Waals surface area contributed by atoms with Crippen molar-refractivity contribution < 1.29 is 9.53 Å². The zero-order chi connectivity index (χ0) is 12.5. The van der Waals surface area contributed by atoms with Crippen molar-refractivity contribution in [3.63, 3.8) is 0 Å². The molecule has 1 rings (SSSR count). The Morgan fingerprint density at radius 3 is 2.94 bits per heavy atom. The summed E-state index contributed by atoms with van der Waals surface area (Å²) in [6.45, 7) is 3.41. The molecule has 0 aliphatic rings. The van der Waals surface area contributed by atoms with Crippen LogP contribution in [0.15, 0.2) is 24.3 Å². The molecule has 0 heterocycles. The number of anilines is 1. The number of hydrogen-bond acceptors (Lipinski definition) is 3. The van der Waals surface area contributed by atoms with E-state index in [-0.39, 0.29) is 5.91 Å². The highest BCUT2D eigenvalue weighted by Gasteiger charge is 1.98. The number of rotatable bonds is 7. The van der Waals surface area contributed by atoms with E-state index in [0.717, 1.165) is 24.4 Å². The van der Waals surface area contributed by atoms with Crippen LogP contribution in [0.1, 0.15) is 19.8 Å². The van der Waals surface area contributed by atoms with Crippen LogP contribution in [0.25, 0.3) is 0 Å². The number of benzene rings is 1. The quantitative estimate of drug-likeness (QED) is 0.712. The van der Waals surface area contributed by atoms with Crippen molar-refractivity contribution >= 4 is 11.6 Å². The standard InChI is InChI=1S/C13H20N2O2/c1-3-17-12-7-4-6-11(10-12)15-9-5-8-13(16)14-2/h4,6-7,10,15H,3,5,8-9H2,1-2H3,(H,14,16). The Balaban J connectivity index is 2.31. The number of carbonyl (C=O) groups excluding carboxylic acids is 1. The van der Waals surface area contributed by atoms with Gasteiger partial charge in [-0.3, -0.25) is 4.79 Å². The molecule has 0 fully saturated rings. The van der Waals surface area contributed by atoms with Crippen LogP contribution < -0.4 is 15.4 Å². The molecule has 0 saturated carbocycles. The van der Waals surface area contributed by atoms with Gasteiger partial charge in [0.05, 0.1) is 6.61 Å². The first-order valence-corrected chi connectivity index (χ1v) is 5.93. The Morgan fingerprint density at radius 2 is 2.24 bits per heavy atom. The van der Waals surface area contributed by atoms with Crippen molar-refractivity contribution in [2.45, 2.75) is 19.8 Å². The number of hydrogen-bond donors (Lipinski definition) is 2. The highest BCUT2D eigenvalue weighted by atomic mass is 16.5. The molecule has 94 valence electrons. The molecule has 0 aliphatic heterocycles. The van der Waals surface area contributed by atoms with Gasteiger partial charge in [0.25, 0.3) is 0 Å². The van der Waals surface area contributed by atoms with Gasteiger partial charge < -0.3 is 15.4 Å². The average molecular weight is 236 g/mol. The minimum atomic E-state index is 0.0786. The predicted octanol–water partition coefficient (Wildman–Crippen LogP) is 2.02. The van der Waals surface area contributed by atoms with Crippen LogP contribution in [0.2, 0.25) is 0 Å². The van der Waals surface area contributed by atoms with Gasteiger partial charge in [0.1, 0.15) is 5.75 Å². The van der Waals surface area contributed by atoms with E-state index in [0.29, 0.717) is 13.0 Å². The molecule has 0 unspecified atom stereocenters. The zero-order valence-corrected chi connectivity index (χ0v) is 10.5.